The third kappa shape index (κ3) is 3.95. The fourth-order valence-corrected chi connectivity index (χ4v) is 2.78. The Hall–Kier alpha value is -1.59. The van der Waals surface area contributed by atoms with E-state index in [-0.39, 0.29) is 18.6 Å². The second kappa shape index (κ2) is 7.43. The number of benzene rings is 1. The van der Waals surface area contributed by atoms with E-state index in [9.17, 15) is 9.90 Å². The van der Waals surface area contributed by atoms with Gasteiger partial charge in [0.1, 0.15) is 5.75 Å². The highest BCUT2D eigenvalue weighted by Gasteiger charge is 2.26. The van der Waals surface area contributed by atoms with Gasteiger partial charge in [0.15, 0.2) is 0 Å². The van der Waals surface area contributed by atoms with E-state index < -0.39 is 0 Å². The summed E-state index contributed by atoms with van der Waals surface area (Å²) in [6.07, 6.45) is 2.02. The Morgan fingerprint density at radius 1 is 1.48 bits per heavy atom. The van der Waals surface area contributed by atoms with E-state index in [1.54, 1.807) is 19.1 Å². The maximum Gasteiger partial charge on any atom is 0.236 e. The zero-order valence-corrected chi connectivity index (χ0v) is 12.8. The number of methoxy groups -OCH3 is 1. The van der Waals surface area contributed by atoms with Crippen LogP contribution in [0.15, 0.2) is 24.3 Å². The first kappa shape index (κ1) is 15.8. The average Bonchev–Trinajstić information content (AvgIpc) is 2.94. The Balaban J connectivity index is 1.93. The normalized spacial score (nSPS) is 18.7. The van der Waals surface area contributed by atoms with Gasteiger partial charge in [-0.3, -0.25) is 9.69 Å². The second-order valence-corrected chi connectivity index (χ2v) is 5.51. The molecule has 1 N–H and O–H groups in total. The maximum absolute atomic E-state index is 12.3. The molecule has 1 aliphatic rings. The molecule has 5 heteroatoms. The van der Waals surface area contributed by atoms with Gasteiger partial charge >= 0.3 is 0 Å². The van der Waals surface area contributed by atoms with Gasteiger partial charge in [0.05, 0.1) is 20.3 Å². The quantitative estimate of drug-likeness (QED) is 0.853. The summed E-state index contributed by atoms with van der Waals surface area (Å²) in [7, 11) is 3.44. The van der Waals surface area contributed by atoms with Crippen LogP contribution >= 0.6 is 0 Å². The van der Waals surface area contributed by atoms with Crippen molar-refractivity contribution in [2.45, 2.75) is 25.4 Å². The first-order valence-corrected chi connectivity index (χ1v) is 7.36. The number of amides is 1. The molecule has 1 aromatic carbocycles. The lowest BCUT2D eigenvalue weighted by atomic mass is 10.2. The summed E-state index contributed by atoms with van der Waals surface area (Å²) >= 11 is 0. The van der Waals surface area contributed by atoms with E-state index >= 15 is 0 Å². The van der Waals surface area contributed by atoms with Crippen LogP contribution in [0.25, 0.3) is 0 Å². The van der Waals surface area contributed by atoms with Crippen LogP contribution in [-0.2, 0) is 11.3 Å². The number of aliphatic hydroxyl groups is 1. The Morgan fingerprint density at radius 3 is 2.95 bits per heavy atom. The minimum Gasteiger partial charge on any atom is -0.496 e. The summed E-state index contributed by atoms with van der Waals surface area (Å²) in [4.78, 5) is 16.1. The number of para-hydroxylation sites is 1. The van der Waals surface area contributed by atoms with E-state index in [1.165, 1.54) is 0 Å². The van der Waals surface area contributed by atoms with Gasteiger partial charge < -0.3 is 14.7 Å². The van der Waals surface area contributed by atoms with Gasteiger partial charge in [0.2, 0.25) is 5.91 Å². The molecule has 2 rings (SSSR count). The van der Waals surface area contributed by atoms with Crippen molar-refractivity contribution in [2.75, 3.05) is 33.9 Å². The van der Waals surface area contributed by atoms with Crippen molar-refractivity contribution in [1.82, 2.24) is 9.80 Å². The molecule has 0 bridgehead atoms. The molecule has 116 valence electrons. The third-order valence-electron chi connectivity index (χ3n) is 4.07. The lowest BCUT2D eigenvalue weighted by Crippen LogP contribution is -2.41. The van der Waals surface area contributed by atoms with E-state index in [2.05, 4.69) is 4.90 Å². The van der Waals surface area contributed by atoms with E-state index in [4.69, 9.17) is 4.74 Å². The van der Waals surface area contributed by atoms with Crippen LogP contribution in [0.4, 0.5) is 0 Å². The minimum atomic E-state index is 0.0706. The molecular weight excluding hydrogens is 268 g/mol. The molecule has 1 atom stereocenters. The fraction of sp³-hybridized carbons (Fsp3) is 0.562. The summed E-state index contributed by atoms with van der Waals surface area (Å²) in [6, 6.07) is 7.86. The summed E-state index contributed by atoms with van der Waals surface area (Å²) < 4.78 is 5.31. The second-order valence-electron chi connectivity index (χ2n) is 5.51. The molecule has 1 amide bonds. The molecule has 21 heavy (non-hydrogen) atoms. The highest BCUT2D eigenvalue weighted by atomic mass is 16.5. The van der Waals surface area contributed by atoms with Gasteiger partial charge in [-0.2, -0.15) is 0 Å². The van der Waals surface area contributed by atoms with Crippen molar-refractivity contribution in [3.05, 3.63) is 29.8 Å². The summed E-state index contributed by atoms with van der Waals surface area (Å²) in [5, 5.41) is 9.31. The van der Waals surface area contributed by atoms with Crippen molar-refractivity contribution in [3.63, 3.8) is 0 Å². The smallest absolute Gasteiger partial charge is 0.236 e. The monoisotopic (exact) mass is 292 g/mol. The number of likely N-dealkylation sites (tertiary alicyclic amines) is 1. The van der Waals surface area contributed by atoms with Crippen LogP contribution in [-0.4, -0.2) is 60.7 Å². The molecule has 0 radical (unpaired) electrons. The topological polar surface area (TPSA) is 53.0 Å². The SMILES string of the molecule is COc1ccccc1CN(C)C(=O)CN1CCCC1CO. The maximum atomic E-state index is 12.3. The van der Waals surface area contributed by atoms with Crippen LogP contribution in [0.2, 0.25) is 0 Å². The zero-order chi connectivity index (χ0) is 15.2. The Morgan fingerprint density at radius 2 is 2.24 bits per heavy atom. The lowest BCUT2D eigenvalue weighted by molar-refractivity contribution is -0.132. The molecule has 1 heterocycles. The fourth-order valence-electron chi connectivity index (χ4n) is 2.78. The van der Waals surface area contributed by atoms with Crippen LogP contribution in [0.3, 0.4) is 0 Å². The van der Waals surface area contributed by atoms with E-state index in [1.807, 2.05) is 24.3 Å². The van der Waals surface area contributed by atoms with Crippen molar-refractivity contribution in [3.8, 4) is 5.75 Å². The molecule has 0 spiro atoms. The Bertz CT molecular complexity index is 478. The van der Waals surface area contributed by atoms with Crippen LogP contribution in [0.5, 0.6) is 5.75 Å². The van der Waals surface area contributed by atoms with Crippen LogP contribution < -0.4 is 4.74 Å². The summed E-state index contributed by atoms with van der Waals surface area (Å²) in [5.74, 6) is 0.868. The number of aliphatic hydroxyl groups excluding tert-OH is 1. The largest absolute Gasteiger partial charge is 0.496 e. The Labute approximate surface area is 126 Å². The molecule has 0 aliphatic carbocycles. The molecule has 1 fully saturated rings. The van der Waals surface area contributed by atoms with Crippen LogP contribution in [0.1, 0.15) is 18.4 Å². The molecular formula is C16H24N2O3. The van der Waals surface area contributed by atoms with Crippen molar-refractivity contribution in [2.24, 2.45) is 0 Å². The van der Waals surface area contributed by atoms with Crippen molar-refractivity contribution < 1.29 is 14.6 Å². The van der Waals surface area contributed by atoms with Gasteiger partial charge in [-0.05, 0) is 25.5 Å². The van der Waals surface area contributed by atoms with E-state index in [0.717, 1.165) is 30.7 Å². The molecule has 5 nitrogen and oxygen atoms in total. The number of ether oxygens (including phenoxy) is 1. The highest BCUT2D eigenvalue weighted by molar-refractivity contribution is 5.78. The first-order valence-electron chi connectivity index (χ1n) is 7.36. The van der Waals surface area contributed by atoms with Gasteiger partial charge in [0, 0.05) is 25.2 Å². The standard InChI is InChI=1S/C16H24N2O3/c1-17(10-13-6-3-4-8-15(13)21-2)16(20)11-18-9-5-7-14(18)12-19/h3-4,6,8,14,19H,5,7,9-12H2,1-2H3. The summed E-state index contributed by atoms with van der Waals surface area (Å²) in [6.45, 7) is 1.92. The van der Waals surface area contributed by atoms with Crippen LogP contribution in [0, 0.1) is 0 Å². The molecule has 1 unspecified atom stereocenters. The molecule has 1 aromatic rings. The van der Waals surface area contributed by atoms with E-state index in [0.29, 0.717) is 13.1 Å². The molecule has 1 saturated heterocycles. The predicted octanol–water partition coefficient (Wildman–Crippen LogP) is 1.11. The predicted molar refractivity (Wildman–Crippen MR) is 81.1 cm³/mol. The van der Waals surface area contributed by atoms with Crippen molar-refractivity contribution >= 4 is 5.91 Å². The lowest BCUT2D eigenvalue weighted by Gasteiger charge is -2.25. The van der Waals surface area contributed by atoms with Gasteiger partial charge in [-0.1, -0.05) is 18.2 Å². The van der Waals surface area contributed by atoms with Gasteiger partial charge in [-0.15, -0.1) is 0 Å². The van der Waals surface area contributed by atoms with Gasteiger partial charge in [-0.25, -0.2) is 0 Å². The number of rotatable bonds is 6. The number of hydrogen-bond acceptors (Lipinski definition) is 4. The highest BCUT2D eigenvalue weighted by Crippen LogP contribution is 2.20. The molecule has 0 aromatic heterocycles. The molecule has 0 saturated carbocycles. The number of hydrogen-bond donors (Lipinski definition) is 1. The number of carbonyl (C=O) groups is 1. The molecule has 1 aliphatic heterocycles. The van der Waals surface area contributed by atoms with Crippen molar-refractivity contribution in [1.29, 1.82) is 0 Å². The number of nitrogens with zero attached hydrogens (tertiary/aromatic N) is 2. The number of carbonyl (C=O) groups excluding carboxylic acids is 1. The zero-order valence-electron chi connectivity index (χ0n) is 12.8. The summed E-state index contributed by atoms with van der Waals surface area (Å²) in [5.41, 5.74) is 0.996. The Kier molecular flexibility index (Phi) is 5.59. The van der Waals surface area contributed by atoms with Gasteiger partial charge in [0.25, 0.3) is 0 Å². The first-order chi connectivity index (χ1) is 10.2. The minimum absolute atomic E-state index is 0.0706. The average molecular weight is 292 g/mol. The number of likely N-dealkylation sites (N-methyl/N-ethyl adjacent to an activating group) is 1. The third-order valence-corrected chi connectivity index (χ3v) is 4.07.